The average Bonchev–Trinajstić information content (AvgIpc) is 2.86. The molecule has 2 aromatic rings. The van der Waals surface area contributed by atoms with Gasteiger partial charge in [-0.2, -0.15) is 0 Å². The van der Waals surface area contributed by atoms with E-state index < -0.39 is 5.97 Å². The second kappa shape index (κ2) is 6.89. The summed E-state index contributed by atoms with van der Waals surface area (Å²) in [5, 5.41) is 8.76. The van der Waals surface area contributed by atoms with Gasteiger partial charge in [-0.3, -0.25) is 4.79 Å². The molecule has 1 aromatic heterocycles. The summed E-state index contributed by atoms with van der Waals surface area (Å²) in [6.45, 7) is 4.04. The molecule has 3 rings (SSSR count). The third kappa shape index (κ3) is 3.41. The second-order valence-electron chi connectivity index (χ2n) is 5.77. The molecule has 0 saturated carbocycles. The fraction of sp³-hybridized carbons (Fsp3) is 0.529. The number of unbranched alkanes of at least 4 members (excludes halogenated alkanes) is 1. The van der Waals surface area contributed by atoms with Gasteiger partial charge in [0, 0.05) is 31.5 Å². The van der Waals surface area contributed by atoms with Gasteiger partial charge in [-0.15, -0.1) is 0 Å². The number of hydrogen-bond acceptors (Lipinski definition) is 4. The molecule has 0 atom stereocenters. The van der Waals surface area contributed by atoms with Crippen molar-refractivity contribution in [1.29, 1.82) is 0 Å². The van der Waals surface area contributed by atoms with Gasteiger partial charge in [0.15, 0.2) is 11.5 Å². The van der Waals surface area contributed by atoms with Crippen molar-refractivity contribution in [3.05, 3.63) is 18.0 Å². The highest BCUT2D eigenvalue weighted by Gasteiger charge is 2.17. The first-order chi connectivity index (χ1) is 11.2. The first-order valence-corrected chi connectivity index (χ1v) is 8.19. The van der Waals surface area contributed by atoms with Crippen LogP contribution in [0.2, 0.25) is 0 Å². The summed E-state index contributed by atoms with van der Waals surface area (Å²) >= 11 is 0. The van der Waals surface area contributed by atoms with Crippen LogP contribution in [-0.2, 0) is 17.8 Å². The summed E-state index contributed by atoms with van der Waals surface area (Å²) in [5.74, 6) is 1.81. The predicted octanol–water partition coefficient (Wildman–Crippen LogP) is 3.01. The number of hydrogen-bond donors (Lipinski definition) is 1. The summed E-state index contributed by atoms with van der Waals surface area (Å²) in [4.78, 5) is 15.4. The smallest absolute Gasteiger partial charge is 0.303 e. The van der Waals surface area contributed by atoms with Gasteiger partial charge < -0.3 is 19.1 Å². The van der Waals surface area contributed by atoms with Crippen molar-refractivity contribution in [2.45, 2.75) is 45.6 Å². The van der Waals surface area contributed by atoms with Crippen LogP contribution in [0.15, 0.2) is 12.1 Å². The molecule has 23 heavy (non-hydrogen) atoms. The lowest BCUT2D eigenvalue weighted by Gasteiger charge is -2.18. The fourth-order valence-electron chi connectivity index (χ4n) is 2.92. The Balaban J connectivity index is 1.89. The molecule has 0 spiro atoms. The van der Waals surface area contributed by atoms with E-state index >= 15 is 0 Å². The average molecular weight is 318 g/mol. The molecule has 0 radical (unpaired) electrons. The van der Waals surface area contributed by atoms with Crippen LogP contribution in [0.4, 0.5) is 0 Å². The molecule has 0 aliphatic carbocycles. The molecule has 1 N–H and O–H groups in total. The van der Waals surface area contributed by atoms with Gasteiger partial charge in [-0.05, 0) is 19.3 Å². The van der Waals surface area contributed by atoms with E-state index in [1.807, 2.05) is 12.1 Å². The van der Waals surface area contributed by atoms with E-state index in [0.29, 0.717) is 19.6 Å². The quantitative estimate of drug-likeness (QED) is 0.794. The maximum atomic E-state index is 10.7. The number of ether oxygens (including phenoxy) is 2. The number of imidazole rings is 1. The minimum atomic E-state index is -0.742. The number of carbonyl (C=O) groups is 1. The lowest BCUT2D eigenvalue weighted by atomic mass is 10.2. The molecular formula is C17H22N2O4. The summed E-state index contributed by atoms with van der Waals surface area (Å²) in [7, 11) is 0. The summed E-state index contributed by atoms with van der Waals surface area (Å²) in [5.41, 5.74) is 1.95. The highest BCUT2D eigenvalue weighted by Crippen LogP contribution is 2.35. The number of nitrogens with zero attached hydrogens (tertiary/aromatic N) is 2. The van der Waals surface area contributed by atoms with Crippen LogP contribution in [0.5, 0.6) is 11.5 Å². The van der Waals surface area contributed by atoms with Crippen molar-refractivity contribution >= 4 is 17.0 Å². The van der Waals surface area contributed by atoms with Gasteiger partial charge in [0.2, 0.25) is 0 Å². The van der Waals surface area contributed by atoms with E-state index in [-0.39, 0.29) is 6.42 Å². The summed E-state index contributed by atoms with van der Waals surface area (Å²) < 4.78 is 13.5. The van der Waals surface area contributed by atoms with E-state index in [9.17, 15) is 4.79 Å². The third-order valence-corrected chi connectivity index (χ3v) is 3.99. The molecule has 0 amide bonds. The third-order valence-electron chi connectivity index (χ3n) is 3.99. The molecule has 0 fully saturated rings. The second-order valence-corrected chi connectivity index (χ2v) is 5.77. The summed E-state index contributed by atoms with van der Waals surface area (Å²) in [6.07, 6.45) is 3.63. The van der Waals surface area contributed by atoms with Crippen LogP contribution in [0.25, 0.3) is 11.0 Å². The van der Waals surface area contributed by atoms with E-state index in [1.165, 1.54) is 0 Å². The van der Waals surface area contributed by atoms with Crippen molar-refractivity contribution < 1.29 is 19.4 Å². The highest BCUT2D eigenvalue weighted by atomic mass is 16.6. The molecule has 124 valence electrons. The lowest BCUT2D eigenvalue weighted by Crippen LogP contribution is -2.15. The van der Waals surface area contributed by atoms with E-state index in [2.05, 4.69) is 11.5 Å². The monoisotopic (exact) mass is 318 g/mol. The molecule has 6 heteroatoms. The molecular weight excluding hydrogens is 296 g/mol. The van der Waals surface area contributed by atoms with Crippen molar-refractivity contribution in [3.63, 3.8) is 0 Å². The Bertz CT molecular complexity index is 708. The van der Waals surface area contributed by atoms with Crippen molar-refractivity contribution in [2.24, 2.45) is 0 Å². The first-order valence-electron chi connectivity index (χ1n) is 8.19. The minimum absolute atomic E-state index is 0.210. The Morgan fingerprint density at radius 1 is 1.26 bits per heavy atom. The molecule has 0 saturated heterocycles. The number of benzene rings is 1. The Labute approximate surface area is 135 Å². The predicted molar refractivity (Wildman–Crippen MR) is 86.2 cm³/mol. The maximum Gasteiger partial charge on any atom is 0.303 e. The normalized spacial score (nSPS) is 13.4. The SMILES string of the molecule is CCCc1nc2cc3c(cc2n1CCCCC(=O)O)OCCO3. The lowest BCUT2D eigenvalue weighted by molar-refractivity contribution is -0.137. The van der Waals surface area contributed by atoms with Crippen LogP contribution in [-0.4, -0.2) is 33.8 Å². The van der Waals surface area contributed by atoms with Crippen LogP contribution in [0.3, 0.4) is 0 Å². The molecule has 2 heterocycles. The van der Waals surface area contributed by atoms with E-state index in [1.54, 1.807) is 0 Å². The van der Waals surface area contributed by atoms with Crippen LogP contribution < -0.4 is 9.47 Å². The van der Waals surface area contributed by atoms with Gasteiger partial charge in [0.1, 0.15) is 19.0 Å². The molecule has 1 aliphatic heterocycles. The van der Waals surface area contributed by atoms with Gasteiger partial charge in [-0.25, -0.2) is 4.98 Å². The van der Waals surface area contributed by atoms with Gasteiger partial charge >= 0.3 is 5.97 Å². The molecule has 1 aromatic carbocycles. The van der Waals surface area contributed by atoms with Crippen molar-refractivity contribution in [1.82, 2.24) is 9.55 Å². The zero-order valence-electron chi connectivity index (χ0n) is 13.4. The van der Waals surface area contributed by atoms with E-state index in [0.717, 1.165) is 54.2 Å². The highest BCUT2D eigenvalue weighted by molar-refractivity contribution is 5.80. The summed E-state index contributed by atoms with van der Waals surface area (Å²) in [6, 6.07) is 3.93. The van der Waals surface area contributed by atoms with E-state index in [4.69, 9.17) is 19.6 Å². The van der Waals surface area contributed by atoms with Crippen LogP contribution >= 0.6 is 0 Å². The topological polar surface area (TPSA) is 73.6 Å². The Kier molecular flexibility index (Phi) is 4.69. The standard InChI is InChI=1S/C17H22N2O4/c1-2-5-16-18-12-10-14-15(23-9-8-22-14)11-13(12)19(16)7-4-3-6-17(20)21/h10-11H,2-9H2,1H3,(H,20,21). The zero-order chi connectivity index (χ0) is 16.2. The van der Waals surface area contributed by atoms with Crippen molar-refractivity contribution in [2.75, 3.05) is 13.2 Å². The molecule has 0 unspecified atom stereocenters. The maximum absolute atomic E-state index is 10.7. The largest absolute Gasteiger partial charge is 0.486 e. The Morgan fingerprint density at radius 3 is 2.70 bits per heavy atom. The molecule has 0 bridgehead atoms. The number of aromatic nitrogens is 2. The van der Waals surface area contributed by atoms with Crippen LogP contribution in [0, 0.1) is 0 Å². The number of rotatable bonds is 7. The van der Waals surface area contributed by atoms with Gasteiger partial charge in [-0.1, -0.05) is 6.92 Å². The Hall–Kier alpha value is -2.24. The fourth-order valence-corrected chi connectivity index (χ4v) is 2.92. The molecule has 1 aliphatic rings. The minimum Gasteiger partial charge on any atom is -0.486 e. The zero-order valence-corrected chi connectivity index (χ0v) is 13.4. The first kappa shape index (κ1) is 15.6. The van der Waals surface area contributed by atoms with Crippen molar-refractivity contribution in [3.8, 4) is 11.5 Å². The molecule has 6 nitrogen and oxygen atoms in total. The number of aryl methyl sites for hydroxylation is 2. The Morgan fingerprint density at radius 2 is 2.00 bits per heavy atom. The van der Waals surface area contributed by atoms with Gasteiger partial charge in [0.25, 0.3) is 0 Å². The number of carboxylic acids is 1. The van der Waals surface area contributed by atoms with Gasteiger partial charge in [0.05, 0.1) is 11.0 Å². The number of aliphatic carboxylic acids is 1. The number of fused-ring (bicyclic) bond motifs is 2. The van der Waals surface area contributed by atoms with Crippen LogP contribution in [0.1, 0.15) is 38.4 Å². The number of carboxylic acid groups (broad SMARTS) is 1.